The zero-order valence-corrected chi connectivity index (χ0v) is 11.8. The van der Waals surface area contributed by atoms with Gasteiger partial charge in [0.15, 0.2) is 6.29 Å². The quantitative estimate of drug-likeness (QED) is 0.791. The maximum absolute atomic E-state index is 10.8. The van der Waals surface area contributed by atoms with Crippen LogP contribution < -0.4 is 4.74 Å². The number of carbonyl (C=O) groups is 1. The van der Waals surface area contributed by atoms with Crippen LogP contribution in [0.25, 0.3) is 11.3 Å². The second kappa shape index (κ2) is 5.97. The number of likely N-dealkylation sites (tertiary alicyclic amines) is 1. The summed E-state index contributed by atoms with van der Waals surface area (Å²) in [5.74, 6) is 0.511. The number of rotatable bonds is 4. The third-order valence-electron chi connectivity index (χ3n) is 3.45. The second-order valence-electron chi connectivity index (χ2n) is 5.12. The first-order valence-corrected chi connectivity index (χ1v) is 6.83. The molecule has 0 spiro atoms. The number of ether oxygens (including phenoxy) is 1. The van der Waals surface area contributed by atoms with Crippen molar-refractivity contribution in [2.75, 3.05) is 20.1 Å². The summed E-state index contributed by atoms with van der Waals surface area (Å²) in [5.41, 5.74) is 1.84. The highest BCUT2D eigenvalue weighted by molar-refractivity contribution is 5.75. The van der Waals surface area contributed by atoms with Crippen LogP contribution in [0.3, 0.4) is 0 Å². The first kappa shape index (κ1) is 13.6. The van der Waals surface area contributed by atoms with Gasteiger partial charge in [0.1, 0.15) is 11.8 Å². The Kier molecular flexibility index (Phi) is 3.87. The summed E-state index contributed by atoms with van der Waals surface area (Å²) < 4.78 is 5.86. The van der Waals surface area contributed by atoms with Crippen molar-refractivity contribution in [1.82, 2.24) is 19.9 Å². The van der Waals surface area contributed by atoms with Crippen LogP contribution in [0, 0.1) is 0 Å². The van der Waals surface area contributed by atoms with Crippen molar-refractivity contribution >= 4 is 6.29 Å². The Balaban J connectivity index is 1.80. The minimum absolute atomic E-state index is 0.155. The van der Waals surface area contributed by atoms with Crippen LogP contribution in [0.2, 0.25) is 0 Å². The van der Waals surface area contributed by atoms with Gasteiger partial charge in [0.25, 0.3) is 0 Å². The van der Waals surface area contributed by atoms with Gasteiger partial charge in [-0.15, -0.1) is 0 Å². The molecule has 1 aliphatic rings. The Morgan fingerprint density at radius 3 is 3.10 bits per heavy atom. The van der Waals surface area contributed by atoms with Gasteiger partial charge in [-0.05, 0) is 25.6 Å². The van der Waals surface area contributed by atoms with E-state index in [9.17, 15) is 4.79 Å². The molecule has 0 radical (unpaired) electrons. The van der Waals surface area contributed by atoms with Crippen LogP contribution in [-0.2, 0) is 0 Å². The molecule has 3 rings (SSSR count). The van der Waals surface area contributed by atoms with Gasteiger partial charge < -0.3 is 9.64 Å². The van der Waals surface area contributed by atoms with Crippen molar-refractivity contribution in [3.8, 4) is 17.1 Å². The maximum Gasteiger partial charge on any atom is 0.233 e. The Hall–Kier alpha value is -2.34. The van der Waals surface area contributed by atoms with Crippen molar-refractivity contribution in [2.45, 2.75) is 12.5 Å². The fourth-order valence-electron chi connectivity index (χ4n) is 2.38. The molecule has 0 saturated carbocycles. The molecule has 2 aromatic heterocycles. The second-order valence-corrected chi connectivity index (χ2v) is 5.12. The topological polar surface area (TPSA) is 68.2 Å². The van der Waals surface area contributed by atoms with E-state index in [4.69, 9.17) is 4.74 Å². The summed E-state index contributed by atoms with van der Waals surface area (Å²) in [7, 11) is 2.07. The molecule has 21 heavy (non-hydrogen) atoms. The Morgan fingerprint density at radius 1 is 1.43 bits per heavy atom. The summed E-state index contributed by atoms with van der Waals surface area (Å²) >= 11 is 0. The predicted molar refractivity (Wildman–Crippen MR) is 77.2 cm³/mol. The molecule has 1 saturated heterocycles. The van der Waals surface area contributed by atoms with Gasteiger partial charge in [0.05, 0.1) is 18.1 Å². The SMILES string of the molecule is CN1CC[C@H](Oc2cncc(-c3ccnc(C=O)c3)n2)C1. The zero-order valence-electron chi connectivity index (χ0n) is 11.8. The van der Waals surface area contributed by atoms with E-state index >= 15 is 0 Å². The number of carbonyl (C=O) groups excluding carboxylic acids is 1. The minimum Gasteiger partial charge on any atom is -0.472 e. The molecule has 3 heterocycles. The van der Waals surface area contributed by atoms with Gasteiger partial charge in [-0.25, -0.2) is 4.98 Å². The number of aldehydes is 1. The first-order valence-electron chi connectivity index (χ1n) is 6.83. The normalized spacial score (nSPS) is 18.6. The smallest absolute Gasteiger partial charge is 0.233 e. The summed E-state index contributed by atoms with van der Waals surface area (Å²) in [6.45, 7) is 1.93. The highest BCUT2D eigenvalue weighted by atomic mass is 16.5. The Labute approximate surface area is 122 Å². The number of likely N-dealkylation sites (N-methyl/N-ethyl adjacent to an activating group) is 1. The van der Waals surface area contributed by atoms with Crippen LogP contribution in [0.4, 0.5) is 0 Å². The molecule has 0 bridgehead atoms. The maximum atomic E-state index is 10.8. The lowest BCUT2D eigenvalue weighted by Crippen LogP contribution is -2.21. The fourth-order valence-corrected chi connectivity index (χ4v) is 2.38. The third kappa shape index (κ3) is 3.22. The summed E-state index contributed by atoms with van der Waals surface area (Å²) in [6, 6.07) is 3.48. The van der Waals surface area contributed by atoms with Gasteiger partial charge in [0.2, 0.25) is 5.88 Å². The molecule has 0 aromatic carbocycles. The Bertz CT molecular complexity index is 647. The highest BCUT2D eigenvalue weighted by Gasteiger charge is 2.21. The van der Waals surface area contributed by atoms with E-state index in [-0.39, 0.29) is 6.10 Å². The van der Waals surface area contributed by atoms with E-state index in [1.54, 1.807) is 30.7 Å². The molecule has 2 aromatic rings. The molecular formula is C15H16N4O2. The van der Waals surface area contributed by atoms with Gasteiger partial charge in [-0.2, -0.15) is 0 Å². The average molecular weight is 284 g/mol. The lowest BCUT2D eigenvalue weighted by molar-refractivity contribution is 0.111. The number of hydrogen-bond acceptors (Lipinski definition) is 6. The van der Waals surface area contributed by atoms with Crippen LogP contribution >= 0.6 is 0 Å². The minimum atomic E-state index is 0.155. The molecule has 0 aliphatic carbocycles. The van der Waals surface area contributed by atoms with E-state index < -0.39 is 0 Å². The summed E-state index contributed by atoms with van der Waals surface area (Å²) in [4.78, 5) is 25.6. The van der Waals surface area contributed by atoms with Crippen molar-refractivity contribution in [1.29, 1.82) is 0 Å². The lowest BCUT2D eigenvalue weighted by atomic mass is 10.2. The predicted octanol–water partition coefficient (Wildman–Crippen LogP) is 1.43. The zero-order chi connectivity index (χ0) is 14.7. The van der Waals surface area contributed by atoms with Crippen molar-refractivity contribution in [3.63, 3.8) is 0 Å². The van der Waals surface area contributed by atoms with E-state index in [1.807, 2.05) is 0 Å². The van der Waals surface area contributed by atoms with Crippen molar-refractivity contribution in [2.24, 2.45) is 0 Å². The molecule has 0 unspecified atom stereocenters. The highest BCUT2D eigenvalue weighted by Crippen LogP contribution is 2.20. The molecule has 0 N–H and O–H groups in total. The molecule has 108 valence electrons. The molecule has 0 amide bonds. The average Bonchev–Trinajstić information content (AvgIpc) is 2.93. The van der Waals surface area contributed by atoms with E-state index in [0.717, 1.165) is 25.1 Å². The van der Waals surface area contributed by atoms with Crippen LogP contribution in [0.15, 0.2) is 30.7 Å². The number of pyridine rings is 1. The van der Waals surface area contributed by atoms with Crippen molar-refractivity contribution < 1.29 is 9.53 Å². The molecule has 1 atom stereocenters. The summed E-state index contributed by atoms with van der Waals surface area (Å²) in [6.07, 6.45) is 6.71. The molecule has 6 heteroatoms. The standard InChI is InChI=1S/C15H16N4O2/c1-19-5-3-13(9-19)21-15-8-16-7-14(18-15)11-2-4-17-12(6-11)10-20/h2,4,6-8,10,13H,3,5,9H2,1H3/t13-/m0/s1. The molecule has 1 aliphatic heterocycles. The number of aromatic nitrogens is 3. The molecule has 1 fully saturated rings. The number of nitrogens with zero attached hydrogens (tertiary/aromatic N) is 4. The lowest BCUT2D eigenvalue weighted by Gasteiger charge is -2.13. The fraction of sp³-hybridized carbons (Fsp3) is 0.333. The van der Waals surface area contributed by atoms with E-state index in [0.29, 0.717) is 23.6 Å². The largest absolute Gasteiger partial charge is 0.472 e. The third-order valence-corrected chi connectivity index (χ3v) is 3.45. The van der Waals surface area contributed by atoms with Gasteiger partial charge in [-0.1, -0.05) is 0 Å². The van der Waals surface area contributed by atoms with Crippen molar-refractivity contribution in [3.05, 3.63) is 36.4 Å². The van der Waals surface area contributed by atoms with Crippen LogP contribution in [0.1, 0.15) is 16.9 Å². The van der Waals surface area contributed by atoms with Gasteiger partial charge >= 0.3 is 0 Å². The molecular weight excluding hydrogens is 268 g/mol. The number of hydrogen-bond donors (Lipinski definition) is 0. The first-order chi connectivity index (χ1) is 10.2. The Morgan fingerprint density at radius 2 is 2.33 bits per heavy atom. The molecule has 6 nitrogen and oxygen atoms in total. The van der Waals surface area contributed by atoms with E-state index in [1.165, 1.54) is 0 Å². The van der Waals surface area contributed by atoms with Crippen LogP contribution in [0.5, 0.6) is 5.88 Å². The van der Waals surface area contributed by atoms with Gasteiger partial charge in [0, 0.05) is 24.8 Å². The summed E-state index contributed by atoms with van der Waals surface area (Å²) in [5, 5.41) is 0. The van der Waals surface area contributed by atoms with Gasteiger partial charge in [-0.3, -0.25) is 14.8 Å². The van der Waals surface area contributed by atoms with E-state index in [2.05, 4.69) is 26.9 Å². The van der Waals surface area contributed by atoms with Crippen LogP contribution in [-0.4, -0.2) is 52.4 Å². The monoisotopic (exact) mass is 284 g/mol.